The van der Waals surface area contributed by atoms with Gasteiger partial charge in [-0.1, -0.05) is 34.6 Å². The fourth-order valence-electron chi connectivity index (χ4n) is 2.49. The van der Waals surface area contributed by atoms with Crippen LogP contribution < -0.4 is 0 Å². The molecule has 1 aliphatic rings. The van der Waals surface area contributed by atoms with Crippen molar-refractivity contribution in [1.29, 1.82) is 0 Å². The van der Waals surface area contributed by atoms with Gasteiger partial charge in [0.2, 0.25) is 5.91 Å². The number of hydrogen-bond acceptors (Lipinski definition) is 2. The van der Waals surface area contributed by atoms with Gasteiger partial charge in [-0.15, -0.1) is 0 Å². The molecule has 0 bridgehead atoms. The smallest absolute Gasteiger partial charge is 0.311 e. The van der Waals surface area contributed by atoms with E-state index >= 15 is 0 Å². The first kappa shape index (κ1) is 15.0. The Morgan fingerprint density at radius 2 is 1.72 bits per heavy atom. The van der Waals surface area contributed by atoms with Gasteiger partial charge in [-0.3, -0.25) is 9.59 Å². The Bertz CT molecular complexity index is 338. The first-order valence-electron chi connectivity index (χ1n) is 6.74. The lowest BCUT2D eigenvalue weighted by molar-refractivity contribution is -0.151. The largest absolute Gasteiger partial charge is 0.481 e. The summed E-state index contributed by atoms with van der Waals surface area (Å²) in [5.74, 6) is -0.390. The fourth-order valence-corrected chi connectivity index (χ4v) is 2.49. The van der Waals surface area contributed by atoms with Crippen LogP contribution in [-0.2, 0) is 9.59 Å². The van der Waals surface area contributed by atoms with Crippen LogP contribution in [0.2, 0.25) is 0 Å². The van der Waals surface area contributed by atoms with E-state index in [-0.39, 0.29) is 23.7 Å². The second-order valence-corrected chi connectivity index (χ2v) is 6.16. The average molecular weight is 255 g/mol. The minimum atomic E-state index is -0.773. The highest BCUT2D eigenvalue weighted by atomic mass is 16.4. The molecular formula is C14H25NO3. The summed E-state index contributed by atoms with van der Waals surface area (Å²) in [4.78, 5) is 25.5. The molecule has 4 nitrogen and oxygen atoms in total. The average Bonchev–Trinajstić information content (AvgIpc) is 2.72. The van der Waals surface area contributed by atoms with Crippen LogP contribution >= 0.6 is 0 Å². The number of aliphatic carboxylic acids is 1. The van der Waals surface area contributed by atoms with Crippen LogP contribution in [0.25, 0.3) is 0 Å². The molecule has 2 unspecified atom stereocenters. The minimum absolute atomic E-state index is 0.0400. The van der Waals surface area contributed by atoms with Crippen LogP contribution in [-0.4, -0.2) is 35.0 Å². The molecule has 104 valence electrons. The van der Waals surface area contributed by atoms with E-state index < -0.39 is 11.4 Å². The zero-order chi connectivity index (χ0) is 14.1. The summed E-state index contributed by atoms with van der Waals surface area (Å²) in [5.41, 5.74) is -0.758. The molecule has 1 N–H and O–H groups in total. The lowest BCUT2D eigenvalue weighted by atomic mass is 9.76. The summed E-state index contributed by atoms with van der Waals surface area (Å²) >= 11 is 0. The van der Waals surface area contributed by atoms with Crippen molar-refractivity contribution in [1.82, 2.24) is 4.90 Å². The molecule has 1 aliphatic heterocycles. The summed E-state index contributed by atoms with van der Waals surface area (Å²) in [6.45, 7) is 10.7. The number of rotatable bonds is 4. The van der Waals surface area contributed by atoms with Gasteiger partial charge in [0.25, 0.3) is 0 Å². The van der Waals surface area contributed by atoms with E-state index in [1.54, 1.807) is 4.90 Å². The van der Waals surface area contributed by atoms with Crippen LogP contribution in [0.15, 0.2) is 0 Å². The summed E-state index contributed by atoms with van der Waals surface area (Å²) < 4.78 is 0. The molecule has 18 heavy (non-hydrogen) atoms. The van der Waals surface area contributed by atoms with E-state index in [4.69, 9.17) is 0 Å². The molecule has 0 aliphatic carbocycles. The quantitative estimate of drug-likeness (QED) is 0.838. The van der Waals surface area contributed by atoms with Gasteiger partial charge in [0.15, 0.2) is 0 Å². The lowest BCUT2D eigenvalue weighted by Gasteiger charge is -2.29. The van der Waals surface area contributed by atoms with Crippen LogP contribution in [0.3, 0.4) is 0 Å². The number of carboxylic acid groups (broad SMARTS) is 1. The Labute approximate surface area is 109 Å². The van der Waals surface area contributed by atoms with Gasteiger partial charge in [0, 0.05) is 19.0 Å². The monoisotopic (exact) mass is 255 g/mol. The molecule has 0 aromatic rings. The van der Waals surface area contributed by atoms with E-state index in [2.05, 4.69) is 0 Å². The highest BCUT2D eigenvalue weighted by Gasteiger charge is 2.48. The second-order valence-electron chi connectivity index (χ2n) is 6.16. The van der Waals surface area contributed by atoms with Gasteiger partial charge in [0.1, 0.15) is 0 Å². The summed E-state index contributed by atoms with van der Waals surface area (Å²) in [6, 6.07) is 0. The highest BCUT2D eigenvalue weighted by molar-refractivity contribution is 5.82. The number of nitrogens with zero attached hydrogens (tertiary/aromatic N) is 1. The van der Waals surface area contributed by atoms with Crippen LogP contribution in [0.5, 0.6) is 0 Å². The summed E-state index contributed by atoms with van der Waals surface area (Å²) in [6.07, 6.45) is 0.566. The van der Waals surface area contributed by atoms with E-state index in [0.29, 0.717) is 19.5 Å². The molecule has 1 heterocycles. The van der Waals surface area contributed by atoms with Gasteiger partial charge in [-0.2, -0.15) is 0 Å². The molecule has 2 atom stereocenters. The molecule has 1 saturated heterocycles. The van der Waals surface area contributed by atoms with Crippen molar-refractivity contribution in [2.45, 2.75) is 41.0 Å². The predicted octanol–water partition coefficient (Wildman–Crippen LogP) is 2.24. The molecule has 1 fully saturated rings. The molecule has 0 aromatic carbocycles. The number of hydrogen-bond donors (Lipinski definition) is 1. The Hall–Kier alpha value is -1.06. The maximum absolute atomic E-state index is 12.3. The molecule has 0 aromatic heterocycles. The molecule has 1 rings (SSSR count). The van der Waals surface area contributed by atoms with E-state index in [1.807, 2.05) is 34.6 Å². The lowest BCUT2D eigenvalue weighted by Crippen LogP contribution is -2.42. The predicted molar refractivity (Wildman–Crippen MR) is 70.1 cm³/mol. The molecule has 0 spiro atoms. The van der Waals surface area contributed by atoms with Crippen LogP contribution in [0.1, 0.15) is 41.0 Å². The molecule has 1 amide bonds. The van der Waals surface area contributed by atoms with Gasteiger partial charge >= 0.3 is 5.97 Å². The SMILES string of the molecule is CC(C)C(C)C(=O)N1CCC(C(=O)O)(C(C)C)C1. The fraction of sp³-hybridized carbons (Fsp3) is 0.857. The Kier molecular flexibility index (Phi) is 4.41. The van der Waals surface area contributed by atoms with Crippen molar-refractivity contribution < 1.29 is 14.7 Å². The molecule has 4 heteroatoms. The maximum atomic E-state index is 12.3. The summed E-state index contributed by atoms with van der Waals surface area (Å²) in [5, 5.41) is 9.44. The Balaban J connectivity index is 2.82. The highest BCUT2D eigenvalue weighted by Crippen LogP contribution is 2.38. The molecular weight excluding hydrogens is 230 g/mol. The number of likely N-dealkylation sites (tertiary alicyclic amines) is 1. The number of amides is 1. The van der Waals surface area contributed by atoms with Crippen molar-refractivity contribution in [2.24, 2.45) is 23.2 Å². The number of carbonyl (C=O) groups excluding carboxylic acids is 1. The van der Waals surface area contributed by atoms with Crippen molar-refractivity contribution in [2.75, 3.05) is 13.1 Å². The number of carbonyl (C=O) groups is 2. The van der Waals surface area contributed by atoms with Gasteiger partial charge in [-0.05, 0) is 18.3 Å². The zero-order valence-corrected chi connectivity index (χ0v) is 12.1. The standard InChI is InChI=1S/C14H25NO3/c1-9(2)11(5)12(16)15-7-6-14(8-15,10(3)4)13(17)18/h9-11H,6-8H2,1-5H3,(H,17,18). The van der Waals surface area contributed by atoms with E-state index in [0.717, 1.165) is 0 Å². The van der Waals surface area contributed by atoms with Gasteiger partial charge in [-0.25, -0.2) is 0 Å². The van der Waals surface area contributed by atoms with Crippen LogP contribution in [0, 0.1) is 23.2 Å². The van der Waals surface area contributed by atoms with Crippen molar-refractivity contribution in [3.8, 4) is 0 Å². The van der Waals surface area contributed by atoms with Gasteiger partial charge < -0.3 is 10.0 Å². The van der Waals surface area contributed by atoms with Crippen molar-refractivity contribution in [3.05, 3.63) is 0 Å². The third-order valence-corrected chi connectivity index (χ3v) is 4.53. The van der Waals surface area contributed by atoms with E-state index in [9.17, 15) is 14.7 Å². The second kappa shape index (κ2) is 5.29. The van der Waals surface area contributed by atoms with Crippen molar-refractivity contribution >= 4 is 11.9 Å². The Morgan fingerprint density at radius 1 is 1.17 bits per heavy atom. The Morgan fingerprint density at radius 3 is 2.06 bits per heavy atom. The van der Waals surface area contributed by atoms with Crippen molar-refractivity contribution in [3.63, 3.8) is 0 Å². The van der Waals surface area contributed by atoms with E-state index in [1.165, 1.54) is 0 Å². The number of carboxylic acids is 1. The maximum Gasteiger partial charge on any atom is 0.311 e. The molecule has 0 radical (unpaired) electrons. The first-order chi connectivity index (χ1) is 8.22. The third-order valence-electron chi connectivity index (χ3n) is 4.53. The summed E-state index contributed by atoms with van der Waals surface area (Å²) in [7, 11) is 0. The van der Waals surface area contributed by atoms with Gasteiger partial charge in [0.05, 0.1) is 5.41 Å². The minimum Gasteiger partial charge on any atom is -0.481 e. The normalized spacial score (nSPS) is 25.8. The third kappa shape index (κ3) is 2.52. The zero-order valence-electron chi connectivity index (χ0n) is 12.1. The topological polar surface area (TPSA) is 57.6 Å². The van der Waals surface area contributed by atoms with Crippen LogP contribution in [0.4, 0.5) is 0 Å². The first-order valence-corrected chi connectivity index (χ1v) is 6.74. The molecule has 0 saturated carbocycles.